The highest BCUT2D eigenvalue weighted by atomic mass is 79.9. The van der Waals surface area contributed by atoms with Gasteiger partial charge in [-0.15, -0.1) is 0 Å². The Kier molecular flexibility index (Phi) is 4.05. The third kappa shape index (κ3) is 2.74. The lowest BCUT2D eigenvalue weighted by Gasteiger charge is -2.35. The SMILES string of the molecule is CC1CC(C)CN(C(=O)c2c(F)cccc2Br)C1. The number of nitrogens with zero attached hydrogens (tertiary/aromatic N) is 1. The zero-order valence-corrected chi connectivity index (χ0v) is 12.2. The van der Waals surface area contributed by atoms with Crippen molar-refractivity contribution in [2.75, 3.05) is 13.1 Å². The Morgan fingerprint density at radius 3 is 2.50 bits per heavy atom. The maximum absolute atomic E-state index is 13.8. The lowest BCUT2D eigenvalue weighted by atomic mass is 9.91. The molecule has 2 rings (SSSR count). The number of rotatable bonds is 1. The molecule has 1 aromatic carbocycles. The fraction of sp³-hybridized carbons (Fsp3) is 0.500. The van der Waals surface area contributed by atoms with Gasteiger partial charge >= 0.3 is 0 Å². The van der Waals surface area contributed by atoms with E-state index >= 15 is 0 Å². The van der Waals surface area contributed by atoms with Crippen LogP contribution in [0.15, 0.2) is 22.7 Å². The highest BCUT2D eigenvalue weighted by Gasteiger charge is 2.28. The molecule has 0 aliphatic carbocycles. The summed E-state index contributed by atoms with van der Waals surface area (Å²) in [5.41, 5.74) is 0.152. The van der Waals surface area contributed by atoms with Gasteiger partial charge in [-0.25, -0.2) is 4.39 Å². The van der Waals surface area contributed by atoms with E-state index in [0.29, 0.717) is 29.4 Å². The van der Waals surface area contributed by atoms with Crippen LogP contribution in [0.1, 0.15) is 30.6 Å². The van der Waals surface area contributed by atoms with Crippen LogP contribution in [0.3, 0.4) is 0 Å². The van der Waals surface area contributed by atoms with Crippen molar-refractivity contribution in [1.29, 1.82) is 0 Å². The Morgan fingerprint density at radius 1 is 1.33 bits per heavy atom. The molecule has 4 heteroatoms. The molecule has 18 heavy (non-hydrogen) atoms. The molecule has 1 aliphatic rings. The van der Waals surface area contributed by atoms with Gasteiger partial charge in [-0.1, -0.05) is 19.9 Å². The number of hydrogen-bond acceptors (Lipinski definition) is 1. The zero-order valence-electron chi connectivity index (χ0n) is 10.6. The van der Waals surface area contributed by atoms with Crippen LogP contribution in [0, 0.1) is 17.7 Å². The second-order valence-electron chi connectivity index (χ2n) is 5.25. The lowest BCUT2D eigenvalue weighted by Crippen LogP contribution is -2.43. The first-order valence-corrected chi connectivity index (χ1v) is 7.01. The van der Waals surface area contributed by atoms with E-state index in [9.17, 15) is 9.18 Å². The normalized spacial score (nSPS) is 24.1. The van der Waals surface area contributed by atoms with Crippen LogP contribution in [-0.2, 0) is 0 Å². The average Bonchev–Trinajstić information content (AvgIpc) is 2.27. The van der Waals surface area contributed by atoms with Gasteiger partial charge in [-0.2, -0.15) is 0 Å². The molecule has 1 fully saturated rings. The van der Waals surface area contributed by atoms with Crippen molar-refractivity contribution in [3.63, 3.8) is 0 Å². The van der Waals surface area contributed by atoms with Gasteiger partial charge in [0.2, 0.25) is 0 Å². The van der Waals surface area contributed by atoms with Crippen molar-refractivity contribution in [1.82, 2.24) is 4.90 Å². The fourth-order valence-electron chi connectivity index (χ4n) is 2.69. The predicted molar refractivity (Wildman–Crippen MR) is 72.9 cm³/mol. The molecule has 0 aromatic heterocycles. The van der Waals surface area contributed by atoms with Crippen LogP contribution >= 0.6 is 15.9 Å². The van der Waals surface area contributed by atoms with E-state index in [1.807, 2.05) is 0 Å². The van der Waals surface area contributed by atoms with Crippen LogP contribution in [0.2, 0.25) is 0 Å². The summed E-state index contributed by atoms with van der Waals surface area (Å²) in [6.45, 7) is 5.69. The van der Waals surface area contributed by atoms with Crippen molar-refractivity contribution in [3.05, 3.63) is 34.1 Å². The minimum Gasteiger partial charge on any atom is -0.338 e. The number of halogens is 2. The first-order chi connectivity index (χ1) is 8.49. The average molecular weight is 314 g/mol. The van der Waals surface area contributed by atoms with Crippen molar-refractivity contribution in [2.45, 2.75) is 20.3 Å². The maximum Gasteiger partial charge on any atom is 0.258 e. The van der Waals surface area contributed by atoms with E-state index in [0.717, 1.165) is 6.42 Å². The first-order valence-electron chi connectivity index (χ1n) is 6.22. The van der Waals surface area contributed by atoms with E-state index in [1.54, 1.807) is 17.0 Å². The molecule has 1 saturated heterocycles. The van der Waals surface area contributed by atoms with E-state index in [-0.39, 0.29) is 11.5 Å². The molecule has 0 bridgehead atoms. The van der Waals surface area contributed by atoms with Crippen LogP contribution in [-0.4, -0.2) is 23.9 Å². The summed E-state index contributed by atoms with van der Waals surface area (Å²) in [7, 11) is 0. The Bertz CT molecular complexity index is 433. The Labute approximate surface area is 115 Å². The molecule has 2 nitrogen and oxygen atoms in total. The molecule has 0 radical (unpaired) electrons. The highest BCUT2D eigenvalue weighted by molar-refractivity contribution is 9.10. The van der Waals surface area contributed by atoms with Crippen molar-refractivity contribution < 1.29 is 9.18 Å². The quantitative estimate of drug-likeness (QED) is 0.774. The van der Waals surface area contributed by atoms with Crippen molar-refractivity contribution >= 4 is 21.8 Å². The molecule has 2 atom stereocenters. The number of hydrogen-bond donors (Lipinski definition) is 0. The third-order valence-electron chi connectivity index (χ3n) is 3.33. The van der Waals surface area contributed by atoms with E-state index in [4.69, 9.17) is 0 Å². The van der Waals surface area contributed by atoms with Crippen LogP contribution in [0.5, 0.6) is 0 Å². The summed E-state index contributed by atoms with van der Waals surface area (Å²) in [6, 6.07) is 4.62. The molecule has 1 heterocycles. The van der Waals surface area contributed by atoms with Crippen LogP contribution in [0.25, 0.3) is 0 Å². The summed E-state index contributed by atoms with van der Waals surface area (Å²) in [6.07, 6.45) is 1.13. The van der Waals surface area contributed by atoms with E-state index in [2.05, 4.69) is 29.8 Å². The Balaban J connectivity index is 2.26. The summed E-state index contributed by atoms with van der Waals surface area (Å²) in [5.74, 6) is 0.283. The molecule has 1 amide bonds. The van der Waals surface area contributed by atoms with Crippen LogP contribution in [0.4, 0.5) is 4.39 Å². The van der Waals surface area contributed by atoms with Gasteiger partial charge in [-0.3, -0.25) is 4.79 Å². The first kappa shape index (κ1) is 13.5. The molecule has 0 spiro atoms. The van der Waals surface area contributed by atoms with Gasteiger partial charge in [0.1, 0.15) is 5.82 Å². The highest BCUT2D eigenvalue weighted by Crippen LogP contribution is 2.26. The topological polar surface area (TPSA) is 20.3 Å². The fourth-order valence-corrected chi connectivity index (χ4v) is 3.20. The molecule has 1 aliphatic heterocycles. The number of carbonyl (C=O) groups excluding carboxylic acids is 1. The summed E-state index contributed by atoms with van der Waals surface area (Å²) in [5, 5.41) is 0. The summed E-state index contributed by atoms with van der Waals surface area (Å²) >= 11 is 3.26. The smallest absolute Gasteiger partial charge is 0.258 e. The third-order valence-corrected chi connectivity index (χ3v) is 3.99. The molecular formula is C14H17BrFNO. The van der Waals surface area contributed by atoms with Gasteiger partial charge < -0.3 is 4.90 Å². The Morgan fingerprint density at radius 2 is 1.94 bits per heavy atom. The molecule has 0 N–H and O–H groups in total. The molecule has 98 valence electrons. The standard InChI is InChI=1S/C14H17BrFNO/c1-9-6-10(2)8-17(7-9)14(18)13-11(15)4-3-5-12(13)16/h3-5,9-10H,6-8H2,1-2H3. The number of piperidine rings is 1. The second-order valence-corrected chi connectivity index (χ2v) is 6.11. The Hall–Kier alpha value is -0.900. The number of likely N-dealkylation sites (tertiary alicyclic amines) is 1. The van der Waals surface area contributed by atoms with Gasteiger partial charge in [0.05, 0.1) is 5.56 Å². The minimum atomic E-state index is -0.458. The monoisotopic (exact) mass is 313 g/mol. The van der Waals surface area contributed by atoms with Gasteiger partial charge in [0, 0.05) is 17.6 Å². The predicted octanol–water partition coefficient (Wildman–Crippen LogP) is 3.71. The lowest BCUT2D eigenvalue weighted by molar-refractivity contribution is 0.0617. The molecular weight excluding hydrogens is 297 g/mol. The van der Waals surface area contributed by atoms with Gasteiger partial charge in [-0.05, 0) is 46.3 Å². The summed E-state index contributed by atoms with van der Waals surface area (Å²) in [4.78, 5) is 14.2. The number of carbonyl (C=O) groups is 1. The zero-order chi connectivity index (χ0) is 13.3. The maximum atomic E-state index is 13.8. The largest absolute Gasteiger partial charge is 0.338 e. The van der Waals surface area contributed by atoms with E-state index < -0.39 is 5.82 Å². The molecule has 0 saturated carbocycles. The van der Waals surface area contributed by atoms with Crippen molar-refractivity contribution in [2.24, 2.45) is 11.8 Å². The molecule has 1 aromatic rings. The minimum absolute atomic E-state index is 0.152. The van der Waals surface area contributed by atoms with Gasteiger partial charge in [0.15, 0.2) is 0 Å². The summed E-state index contributed by atoms with van der Waals surface area (Å²) < 4.78 is 14.3. The number of benzene rings is 1. The van der Waals surface area contributed by atoms with Crippen molar-refractivity contribution in [3.8, 4) is 0 Å². The van der Waals surface area contributed by atoms with E-state index in [1.165, 1.54) is 6.07 Å². The second kappa shape index (κ2) is 5.39. The van der Waals surface area contributed by atoms with Gasteiger partial charge in [0.25, 0.3) is 5.91 Å². The number of amides is 1. The molecule has 2 unspecified atom stereocenters. The van der Waals surface area contributed by atoms with Crippen LogP contribution < -0.4 is 0 Å².